The molecule has 1 aliphatic rings. The number of hydrogen-bond acceptors (Lipinski definition) is 1. The minimum absolute atomic E-state index is 0.331. The van der Waals surface area contributed by atoms with Crippen LogP contribution in [-0.2, 0) is 0 Å². The topological polar surface area (TPSA) is 20.2 Å². The fourth-order valence-corrected chi connectivity index (χ4v) is 2.35. The summed E-state index contributed by atoms with van der Waals surface area (Å²) < 4.78 is 0. The van der Waals surface area contributed by atoms with Crippen molar-refractivity contribution in [3.05, 3.63) is 72.3 Å². The van der Waals surface area contributed by atoms with Crippen LogP contribution in [-0.4, -0.2) is 5.11 Å². The van der Waals surface area contributed by atoms with Crippen LogP contribution < -0.4 is 0 Å². The number of phenols is 1. The van der Waals surface area contributed by atoms with E-state index in [2.05, 4.69) is 37.3 Å². The summed E-state index contributed by atoms with van der Waals surface area (Å²) in [6.07, 6.45) is 10.5. The zero-order valence-electron chi connectivity index (χ0n) is 10.9. The average Bonchev–Trinajstić information content (AvgIpc) is 2.63. The Morgan fingerprint density at radius 2 is 1.74 bits per heavy atom. The van der Waals surface area contributed by atoms with Crippen molar-refractivity contribution in [1.82, 2.24) is 0 Å². The molecule has 1 heteroatoms. The molecule has 19 heavy (non-hydrogen) atoms. The monoisotopic (exact) mass is 248 g/mol. The molecule has 0 amide bonds. The van der Waals surface area contributed by atoms with Crippen LogP contribution in [0.1, 0.15) is 12.5 Å². The van der Waals surface area contributed by atoms with E-state index in [9.17, 15) is 5.11 Å². The van der Waals surface area contributed by atoms with Crippen LogP contribution >= 0.6 is 0 Å². The van der Waals surface area contributed by atoms with Gasteiger partial charge < -0.3 is 5.11 Å². The van der Waals surface area contributed by atoms with Crippen molar-refractivity contribution in [2.45, 2.75) is 6.92 Å². The van der Waals surface area contributed by atoms with E-state index in [1.807, 2.05) is 36.4 Å². The number of fused-ring (bicyclic) bond motifs is 1. The number of phenolic OH excluding ortho intramolecular Hbond substituents is 1. The third-order valence-electron chi connectivity index (χ3n) is 3.44. The SMILES string of the molecule is CC1C=CC=C(c2cc3ccccc3cc2O)C=C1. The van der Waals surface area contributed by atoms with Crippen molar-refractivity contribution in [2.24, 2.45) is 5.92 Å². The second kappa shape index (κ2) is 4.77. The van der Waals surface area contributed by atoms with Crippen LogP contribution in [0.15, 0.2) is 66.8 Å². The summed E-state index contributed by atoms with van der Waals surface area (Å²) >= 11 is 0. The number of allylic oxidation sites excluding steroid dienone is 6. The van der Waals surface area contributed by atoms with Crippen molar-refractivity contribution in [3.63, 3.8) is 0 Å². The fourth-order valence-electron chi connectivity index (χ4n) is 2.35. The molecule has 0 saturated carbocycles. The van der Waals surface area contributed by atoms with Crippen molar-refractivity contribution in [3.8, 4) is 5.75 Å². The van der Waals surface area contributed by atoms with Gasteiger partial charge >= 0.3 is 0 Å². The Balaban J connectivity index is 2.15. The van der Waals surface area contributed by atoms with E-state index in [-0.39, 0.29) is 0 Å². The van der Waals surface area contributed by atoms with Crippen molar-refractivity contribution in [2.75, 3.05) is 0 Å². The second-order valence-electron chi connectivity index (χ2n) is 4.94. The standard InChI is InChI=1S/C18H16O/c1-13-5-4-8-14(10-9-13)17-11-15-6-2-3-7-16(15)12-18(17)19/h2-13,19H,1H3. The number of hydrogen-bond donors (Lipinski definition) is 1. The molecule has 0 saturated heterocycles. The maximum atomic E-state index is 10.2. The minimum atomic E-state index is 0.331. The van der Waals surface area contributed by atoms with Gasteiger partial charge in [0.25, 0.3) is 0 Å². The van der Waals surface area contributed by atoms with E-state index < -0.39 is 0 Å². The van der Waals surface area contributed by atoms with Gasteiger partial charge in [0.2, 0.25) is 0 Å². The maximum Gasteiger partial charge on any atom is 0.124 e. The summed E-state index contributed by atoms with van der Waals surface area (Å²) in [7, 11) is 0. The largest absolute Gasteiger partial charge is 0.507 e. The first kappa shape index (κ1) is 11.8. The first-order chi connectivity index (χ1) is 9.24. The summed E-state index contributed by atoms with van der Waals surface area (Å²) in [5.41, 5.74) is 1.93. The van der Waals surface area contributed by atoms with E-state index >= 15 is 0 Å². The Morgan fingerprint density at radius 3 is 2.53 bits per heavy atom. The van der Waals surface area contributed by atoms with Gasteiger partial charge in [-0.1, -0.05) is 61.6 Å². The predicted molar refractivity (Wildman–Crippen MR) is 81.0 cm³/mol. The molecule has 0 radical (unpaired) electrons. The molecule has 1 aliphatic carbocycles. The average molecular weight is 248 g/mol. The van der Waals surface area contributed by atoms with Crippen LogP contribution in [0, 0.1) is 5.92 Å². The highest BCUT2D eigenvalue weighted by Gasteiger charge is 2.08. The molecule has 1 N–H and O–H groups in total. The van der Waals surface area contributed by atoms with Gasteiger partial charge in [-0.15, -0.1) is 0 Å². The van der Waals surface area contributed by atoms with Crippen LogP contribution in [0.3, 0.4) is 0 Å². The fraction of sp³-hybridized carbons (Fsp3) is 0.111. The smallest absolute Gasteiger partial charge is 0.124 e. The molecule has 2 aromatic rings. The molecule has 2 aromatic carbocycles. The van der Waals surface area contributed by atoms with Gasteiger partial charge in [0.05, 0.1) is 0 Å². The van der Waals surface area contributed by atoms with E-state index in [4.69, 9.17) is 0 Å². The van der Waals surface area contributed by atoms with E-state index in [1.54, 1.807) is 0 Å². The summed E-state index contributed by atoms with van der Waals surface area (Å²) in [6.45, 7) is 2.14. The van der Waals surface area contributed by atoms with Gasteiger partial charge in [-0.05, 0) is 34.4 Å². The highest BCUT2D eigenvalue weighted by atomic mass is 16.3. The third kappa shape index (κ3) is 2.32. The number of benzene rings is 2. The Kier molecular flexibility index (Phi) is 2.96. The molecule has 0 heterocycles. The number of aromatic hydroxyl groups is 1. The van der Waals surface area contributed by atoms with Crippen molar-refractivity contribution in [1.29, 1.82) is 0 Å². The first-order valence-electron chi connectivity index (χ1n) is 6.53. The summed E-state index contributed by atoms with van der Waals surface area (Å²) in [5.74, 6) is 0.758. The van der Waals surface area contributed by atoms with Gasteiger partial charge in [-0.2, -0.15) is 0 Å². The quantitative estimate of drug-likeness (QED) is 0.776. The van der Waals surface area contributed by atoms with Crippen molar-refractivity contribution >= 4 is 16.3 Å². The van der Waals surface area contributed by atoms with Gasteiger partial charge in [0.15, 0.2) is 0 Å². The van der Waals surface area contributed by atoms with Gasteiger partial charge in [-0.25, -0.2) is 0 Å². The lowest BCUT2D eigenvalue weighted by atomic mass is 9.99. The Hall–Kier alpha value is -2.28. The first-order valence-corrected chi connectivity index (χ1v) is 6.53. The summed E-state index contributed by atoms with van der Waals surface area (Å²) in [4.78, 5) is 0. The zero-order valence-corrected chi connectivity index (χ0v) is 10.9. The molecule has 1 nitrogen and oxygen atoms in total. The summed E-state index contributed by atoms with van der Waals surface area (Å²) in [5, 5.41) is 12.4. The maximum absolute atomic E-state index is 10.2. The molecule has 3 rings (SSSR count). The van der Waals surface area contributed by atoms with Gasteiger partial charge in [-0.3, -0.25) is 0 Å². The minimum Gasteiger partial charge on any atom is -0.507 e. The molecular formula is C18H16O. The molecular weight excluding hydrogens is 232 g/mol. The molecule has 1 unspecified atom stereocenters. The molecule has 1 atom stereocenters. The van der Waals surface area contributed by atoms with Gasteiger partial charge in [0, 0.05) is 5.56 Å². The van der Waals surface area contributed by atoms with E-state index in [1.165, 1.54) is 0 Å². The molecule has 94 valence electrons. The second-order valence-corrected chi connectivity index (χ2v) is 4.94. The highest BCUT2D eigenvalue weighted by Crippen LogP contribution is 2.32. The Labute approximate surface area is 113 Å². The molecule has 0 aliphatic heterocycles. The van der Waals surface area contributed by atoms with Crippen LogP contribution in [0.25, 0.3) is 16.3 Å². The highest BCUT2D eigenvalue weighted by molar-refractivity contribution is 5.91. The van der Waals surface area contributed by atoms with Crippen LogP contribution in [0.2, 0.25) is 0 Å². The summed E-state index contributed by atoms with van der Waals surface area (Å²) in [6, 6.07) is 12.0. The predicted octanol–water partition coefficient (Wildman–Crippen LogP) is 4.69. The molecule has 0 spiro atoms. The normalized spacial score (nSPS) is 18.4. The Bertz CT molecular complexity index is 705. The third-order valence-corrected chi connectivity index (χ3v) is 3.44. The van der Waals surface area contributed by atoms with Crippen LogP contribution in [0.5, 0.6) is 5.75 Å². The molecule has 0 fully saturated rings. The van der Waals surface area contributed by atoms with E-state index in [0.29, 0.717) is 11.7 Å². The molecule has 0 bridgehead atoms. The Morgan fingerprint density at radius 1 is 1.00 bits per heavy atom. The van der Waals surface area contributed by atoms with E-state index in [0.717, 1.165) is 21.9 Å². The van der Waals surface area contributed by atoms with Crippen LogP contribution in [0.4, 0.5) is 0 Å². The number of rotatable bonds is 1. The zero-order chi connectivity index (χ0) is 13.2. The lowest BCUT2D eigenvalue weighted by Crippen LogP contribution is -1.84. The van der Waals surface area contributed by atoms with Crippen molar-refractivity contribution < 1.29 is 5.11 Å². The lowest BCUT2D eigenvalue weighted by Gasteiger charge is -2.08. The lowest BCUT2D eigenvalue weighted by molar-refractivity contribution is 0.474. The van der Waals surface area contributed by atoms with Gasteiger partial charge in [0.1, 0.15) is 5.75 Å². The molecule has 0 aromatic heterocycles.